The summed E-state index contributed by atoms with van der Waals surface area (Å²) >= 11 is 0. The number of benzene rings is 1. The first kappa shape index (κ1) is 20.2. The van der Waals surface area contributed by atoms with Crippen LogP contribution in [0.1, 0.15) is 50.2 Å². The van der Waals surface area contributed by atoms with Gasteiger partial charge >= 0.3 is 6.18 Å². The lowest BCUT2D eigenvalue weighted by molar-refractivity contribution is -0.138. The maximum absolute atomic E-state index is 13.2. The number of piperidine rings is 2. The van der Waals surface area contributed by atoms with E-state index in [1.54, 1.807) is 19.1 Å². The van der Waals surface area contributed by atoms with Crippen LogP contribution < -0.4 is 0 Å². The Balaban J connectivity index is 1.53. The van der Waals surface area contributed by atoms with Crippen molar-refractivity contribution in [1.29, 1.82) is 0 Å². The second-order valence-corrected chi connectivity index (χ2v) is 7.93. The lowest BCUT2D eigenvalue weighted by Crippen LogP contribution is -2.49. The van der Waals surface area contributed by atoms with Crippen LogP contribution in [0.25, 0.3) is 0 Å². The average Bonchev–Trinajstić information content (AvgIpc) is 2.66. The Morgan fingerprint density at radius 2 is 1.81 bits per heavy atom. The zero-order valence-corrected chi connectivity index (χ0v) is 16.0. The molecular formula is C21H29F3N2O. The van der Waals surface area contributed by atoms with E-state index >= 15 is 0 Å². The van der Waals surface area contributed by atoms with Crippen LogP contribution in [-0.2, 0) is 17.4 Å². The molecular weight excluding hydrogens is 353 g/mol. The number of halogens is 3. The molecule has 2 heterocycles. The Bertz CT molecular complexity index is 639. The third kappa shape index (κ3) is 5.24. The SMILES string of the molecule is CC(=O)N1CCC(N2CCC[C@@H](CCc3ccccc3C(F)(F)F)C2)CC1. The third-order valence-electron chi connectivity index (χ3n) is 6.12. The van der Waals surface area contributed by atoms with Crippen molar-refractivity contribution in [3.8, 4) is 0 Å². The molecule has 2 aliphatic rings. The van der Waals surface area contributed by atoms with E-state index in [-0.39, 0.29) is 5.91 Å². The number of alkyl halides is 3. The minimum absolute atomic E-state index is 0.147. The highest BCUT2D eigenvalue weighted by Gasteiger charge is 2.33. The Morgan fingerprint density at radius 3 is 2.48 bits per heavy atom. The van der Waals surface area contributed by atoms with Gasteiger partial charge in [-0.3, -0.25) is 9.69 Å². The number of rotatable bonds is 4. The molecule has 0 bridgehead atoms. The van der Waals surface area contributed by atoms with Crippen molar-refractivity contribution in [2.45, 2.75) is 57.7 Å². The number of carbonyl (C=O) groups excluding carboxylic acids is 1. The summed E-state index contributed by atoms with van der Waals surface area (Å²) in [6, 6.07) is 6.46. The molecule has 0 spiro atoms. The van der Waals surface area contributed by atoms with Gasteiger partial charge in [0.2, 0.25) is 5.91 Å². The van der Waals surface area contributed by atoms with Crippen LogP contribution >= 0.6 is 0 Å². The standard InChI is InChI=1S/C21H29F3N2O/c1-16(27)25-13-10-19(11-14-25)26-12-4-5-17(15-26)8-9-18-6-2-3-7-20(18)21(22,23)24/h2-3,6-7,17,19H,4-5,8-15H2,1H3/t17-/m0/s1. The van der Waals surface area contributed by atoms with E-state index in [2.05, 4.69) is 4.90 Å². The zero-order chi connectivity index (χ0) is 19.4. The summed E-state index contributed by atoms with van der Waals surface area (Å²) in [7, 11) is 0. The summed E-state index contributed by atoms with van der Waals surface area (Å²) in [5, 5.41) is 0. The normalized spacial score (nSPS) is 22.8. The second-order valence-electron chi connectivity index (χ2n) is 7.93. The molecule has 0 N–H and O–H groups in total. The van der Waals surface area contributed by atoms with Gasteiger partial charge in [0.1, 0.15) is 0 Å². The van der Waals surface area contributed by atoms with Gasteiger partial charge in [-0.2, -0.15) is 13.2 Å². The van der Waals surface area contributed by atoms with Gasteiger partial charge in [0.25, 0.3) is 0 Å². The van der Waals surface area contributed by atoms with Crippen LogP contribution in [0.5, 0.6) is 0 Å². The minimum atomic E-state index is -4.28. The molecule has 3 nitrogen and oxygen atoms in total. The van der Waals surface area contributed by atoms with Gasteiger partial charge in [0.05, 0.1) is 5.56 Å². The van der Waals surface area contributed by atoms with Gasteiger partial charge in [-0.15, -0.1) is 0 Å². The fourth-order valence-corrected chi connectivity index (χ4v) is 4.58. The quantitative estimate of drug-likeness (QED) is 0.772. The topological polar surface area (TPSA) is 23.6 Å². The molecule has 2 saturated heterocycles. The number of aryl methyl sites for hydroxylation is 1. The number of hydrogen-bond donors (Lipinski definition) is 0. The largest absolute Gasteiger partial charge is 0.416 e. The Morgan fingerprint density at radius 1 is 1.11 bits per heavy atom. The number of carbonyl (C=O) groups is 1. The van der Waals surface area contributed by atoms with Crippen LogP contribution in [0.2, 0.25) is 0 Å². The number of nitrogens with zero attached hydrogens (tertiary/aromatic N) is 2. The van der Waals surface area contributed by atoms with Crippen molar-refractivity contribution in [3.05, 3.63) is 35.4 Å². The lowest BCUT2D eigenvalue weighted by Gasteiger charge is -2.42. The zero-order valence-electron chi connectivity index (χ0n) is 16.0. The minimum Gasteiger partial charge on any atom is -0.343 e. The summed E-state index contributed by atoms with van der Waals surface area (Å²) < 4.78 is 39.5. The Labute approximate surface area is 159 Å². The number of hydrogen-bond acceptors (Lipinski definition) is 2. The molecule has 2 aliphatic heterocycles. The van der Waals surface area contributed by atoms with Crippen LogP contribution in [-0.4, -0.2) is 47.9 Å². The third-order valence-corrected chi connectivity index (χ3v) is 6.12. The molecule has 1 atom stereocenters. The van der Waals surface area contributed by atoms with Crippen molar-refractivity contribution in [1.82, 2.24) is 9.80 Å². The molecule has 1 aromatic carbocycles. The molecule has 6 heteroatoms. The molecule has 0 aliphatic carbocycles. The summed E-state index contributed by atoms with van der Waals surface area (Å²) in [4.78, 5) is 15.9. The smallest absolute Gasteiger partial charge is 0.343 e. The van der Waals surface area contributed by atoms with Crippen molar-refractivity contribution in [2.75, 3.05) is 26.2 Å². The summed E-state index contributed by atoms with van der Waals surface area (Å²) in [6.07, 6.45) is 1.22. The molecule has 0 unspecified atom stereocenters. The van der Waals surface area contributed by atoms with Gasteiger partial charge in [0.15, 0.2) is 0 Å². The van der Waals surface area contributed by atoms with Crippen LogP contribution in [0.3, 0.4) is 0 Å². The summed E-state index contributed by atoms with van der Waals surface area (Å²) in [5.41, 5.74) is -0.0776. The monoisotopic (exact) mass is 382 g/mol. The van der Waals surface area contributed by atoms with Gasteiger partial charge in [0, 0.05) is 32.6 Å². The summed E-state index contributed by atoms with van der Waals surface area (Å²) in [5.74, 6) is 0.596. The number of amides is 1. The lowest BCUT2D eigenvalue weighted by atomic mass is 9.88. The molecule has 1 aromatic rings. The molecule has 2 fully saturated rings. The van der Waals surface area contributed by atoms with Gasteiger partial charge in [-0.25, -0.2) is 0 Å². The maximum atomic E-state index is 13.2. The average molecular weight is 382 g/mol. The van der Waals surface area contributed by atoms with Gasteiger partial charge in [-0.1, -0.05) is 18.2 Å². The van der Waals surface area contributed by atoms with E-state index in [0.717, 1.165) is 58.3 Å². The predicted molar refractivity (Wildman–Crippen MR) is 99.3 cm³/mol. The highest BCUT2D eigenvalue weighted by Crippen LogP contribution is 2.33. The van der Waals surface area contributed by atoms with Gasteiger partial charge < -0.3 is 4.90 Å². The molecule has 150 valence electrons. The highest BCUT2D eigenvalue weighted by molar-refractivity contribution is 5.73. The van der Waals surface area contributed by atoms with Crippen molar-refractivity contribution >= 4 is 5.91 Å². The summed E-state index contributed by atoms with van der Waals surface area (Å²) in [6.45, 7) is 5.30. The van der Waals surface area contributed by atoms with E-state index < -0.39 is 11.7 Å². The van der Waals surface area contributed by atoms with Crippen molar-refractivity contribution < 1.29 is 18.0 Å². The molecule has 27 heavy (non-hydrogen) atoms. The van der Waals surface area contributed by atoms with Crippen LogP contribution in [0, 0.1) is 5.92 Å². The van der Waals surface area contributed by atoms with Crippen LogP contribution in [0.15, 0.2) is 24.3 Å². The van der Waals surface area contributed by atoms with E-state index in [9.17, 15) is 18.0 Å². The van der Waals surface area contributed by atoms with E-state index in [1.165, 1.54) is 12.1 Å². The molecule has 0 aromatic heterocycles. The first-order valence-electron chi connectivity index (χ1n) is 9.99. The molecule has 3 rings (SSSR count). The molecule has 0 saturated carbocycles. The Kier molecular flexibility index (Phi) is 6.45. The van der Waals surface area contributed by atoms with Crippen molar-refractivity contribution in [2.24, 2.45) is 5.92 Å². The van der Waals surface area contributed by atoms with E-state index in [1.807, 2.05) is 4.90 Å². The van der Waals surface area contributed by atoms with Gasteiger partial charge in [-0.05, 0) is 62.6 Å². The highest BCUT2D eigenvalue weighted by atomic mass is 19.4. The van der Waals surface area contributed by atoms with E-state index in [0.29, 0.717) is 23.9 Å². The Hall–Kier alpha value is -1.56. The predicted octanol–water partition coefficient (Wildman–Crippen LogP) is 4.36. The first-order valence-corrected chi connectivity index (χ1v) is 9.99. The first-order chi connectivity index (χ1) is 12.8. The number of likely N-dealkylation sites (tertiary alicyclic amines) is 2. The van der Waals surface area contributed by atoms with Crippen molar-refractivity contribution in [3.63, 3.8) is 0 Å². The second kappa shape index (κ2) is 8.63. The van der Waals surface area contributed by atoms with Crippen LogP contribution in [0.4, 0.5) is 13.2 Å². The van der Waals surface area contributed by atoms with E-state index in [4.69, 9.17) is 0 Å². The fourth-order valence-electron chi connectivity index (χ4n) is 4.58. The molecule has 0 radical (unpaired) electrons. The maximum Gasteiger partial charge on any atom is 0.416 e. The fraction of sp³-hybridized carbons (Fsp3) is 0.667. The molecule has 1 amide bonds.